The van der Waals surface area contributed by atoms with Gasteiger partial charge in [-0.2, -0.15) is 0 Å². The van der Waals surface area contributed by atoms with Gasteiger partial charge in [0.1, 0.15) is 11.5 Å². The highest BCUT2D eigenvalue weighted by Crippen LogP contribution is 2.21. The molecule has 0 spiro atoms. The van der Waals surface area contributed by atoms with Crippen molar-refractivity contribution in [3.63, 3.8) is 0 Å². The van der Waals surface area contributed by atoms with E-state index < -0.39 is 0 Å². The highest BCUT2D eigenvalue weighted by molar-refractivity contribution is 5.74. The maximum absolute atomic E-state index is 12.7. The Morgan fingerprint density at radius 3 is 3.04 bits per heavy atom. The van der Waals surface area contributed by atoms with Gasteiger partial charge < -0.3 is 4.74 Å². The molecule has 0 saturated carbocycles. The van der Waals surface area contributed by atoms with Gasteiger partial charge in [0.25, 0.3) is 5.56 Å². The van der Waals surface area contributed by atoms with Gasteiger partial charge in [-0.15, -0.1) is 0 Å². The zero-order chi connectivity index (χ0) is 17.9. The van der Waals surface area contributed by atoms with Crippen LogP contribution in [-0.2, 0) is 17.7 Å². The SMILES string of the molecule is COCCC1Cc2nc3cc(C#Cc4ccccn4)cnc3c(=O)n2C1. The molecule has 3 aromatic rings. The predicted octanol–water partition coefficient (Wildman–Crippen LogP) is 1.80. The number of aromatic nitrogens is 4. The fourth-order valence-corrected chi connectivity index (χ4v) is 3.19. The van der Waals surface area contributed by atoms with Gasteiger partial charge in [0.15, 0.2) is 5.52 Å². The third kappa shape index (κ3) is 3.22. The molecule has 4 heterocycles. The smallest absolute Gasteiger partial charge is 0.280 e. The van der Waals surface area contributed by atoms with Gasteiger partial charge in [0.05, 0.1) is 5.52 Å². The Kier molecular flexibility index (Phi) is 4.46. The molecule has 130 valence electrons. The number of methoxy groups -OCH3 is 1. The van der Waals surface area contributed by atoms with Crippen molar-refractivity contribution >= 4 is 11.0 Å². The summed E-state index contributed by atoms with van der Waals surface area (Å²) < 4.78 is 6.89. The number of pyridine rings is 2. The van der Waals surface area contributed by atoms with Crippen molar-refractivity contribution in [1.82, 2.24) is 19.5 Å². The summed E-state index contributed by atoms with van der Waals surface area (Å²) >= 11 is 0. The van der Waals surface area contributed by atoms with E-state index in [-0.39, 0.29) is 5.56 Å². The van der Waals surface area contributed by atoms with Crippen LogP contribution in [0.1, 0.15) is 23.5 Å². The molecule has 1 aliphatic heterocycles. The first kappa shape index (κ1) is 16.4. The minimum Gasteiger partial charge on any atom is -0.385 e. The van der Waals surface area contributed by atoms with Gasteiger partial charge in [-0.25, -0.2) is 15.0 Å². The van der Waals surface area contributed by atoms with Crippen LogP contribution in [-0.4, -0.2) is 33.2 Å². The molecule has 0 fully saturated rings. The largest absolute Gasteiger partial charge is 0.385 e. The number of fused-ring (bicyclic) bond motifs is 2. The Balaban J connectivity index is 1.67. The first-order chi connectivity index (χ1) is 12.7. The number of hydrogen-bond acceptors (Lipinski definition) is 5. The van der Waals surface area contributed by atoms with E-state index in [0.717, 1.165) is 18.7 Å². The summed E-state index contributed by atoms with van der Waals surface area (Å²) in [6.07, 6.45) is 5.03. The fraction of sp³-hybridized carbons (Fsp3) is 0.300. The highest BCUT2D eigenvalue weighted by Gasteiger charge is 2.24. The molecule has 26 heavy (non-hydrogen) atoms. The van der Waals surface area contributed by atoms with Crippen molar-refractivity contribution < 1.29 is 4.74 Å². The summed E-state index contributed by atoms with van der Waals surface area (Å²) in [7, 11) is 1.69. The van der Waals surface area contributed by atoms with Gasteiger partial charge in [-0.3, -0.25) is 9.36 Å². The van der Waals surface area contributed by atoms with Crippen LogP contribution in [0.25, 0.3) is 11.0 Å². The van der Waals surface area contributed by atoms with Gasteiger partial charge >= 0.3 is 0 Å². The molecule has 1 unspecified atom stereocenters. The highest BCUT2D eigenvalue weighted by atomic mass is 16.5. The van der Waals surface area contributed by atoms with Crippen LogP contribution in [0, 0.1) is 17.8 Å². The van der Waals surface area contributed by atoms with Crippen LogP contribution in [0.15, 0.2) is 41.5 Å². The van der Waals surface area contributed by atoms with E-state index in [9.17, 15) is 4.79 Å². The monoisotopic (exact) mass is 346 g/mol. The molecular formula is C20H18N4O2. The van der Waals surface area contributed by atoms with E-state index in [1.807, 2.05) is 24.3 Å². The van der Waals surface area contributed by atoms with Crippen LogP contribution in [0.5, 0.6) is 0 Å². The minimum absolute atomic E-state index is 0.0749. The van der Waals surface area contributed by atoms with Crippen LogP contribution < -0.4 is 5.56 Å². The molecule has 1 aliphatic rings. The third-order valence-corrected chi connectivity index (χ3v) is 4.52. The molecular weight excluding hydrogens is 328 g/mol. The van der Waals surface area contributed by atoms with Crippen LogP contribution in [0.4, 0.5) is 0 Å². The van der Waals surface area contributed by atoms with E-state index in [1.54, 1.807) is 24.1 Å². The first-order valence-electron chi connectivity index (χ1n) is 8.56. The average molecular weight is 346 g/mol. The zero-order valence-electron chi connectivity index (χ0n) is 14.5. The fourth-order valence-electron chi connectivity index (χ4n) is 3.19. The molecule has 0 bridgehead atoms. The maximum Gasteiger partial charge on any atom is 0.280 e. The van der Waals surface area contributed by atoms with Crippen molar-refractivity contribution in [3.05, 3.63) is 64.1 Å². The zero-order valence-corrected chi connectivity index (χ0v) is 14.5. The number of ether oxygens (including phenoxy) is 1. The molecule has 6 nitrogen and oxygen atoms in total. The van der Waals surface area contributed by atoms with Crippen molar-refractivity contribution in [2.24, 2.45) is 5.92 Å². The summed E-state index contributed by atoms with van der Waals surface area (Å²) in [6, 6.07) is 7.41. The second kappa shape index (κ2) is 7.06. The lowest BCUT2D eigenvalue weighted by Gasteiger charge is -2.06. The van der Waals surface area contributed by atoms with Crippen LogP contribution >= 0.6 is 0 Å². The van der Waals surface area contributed by atoms with Crippen molar-refractivity contribution in [2.45, 2.75) is 19.4 Å². The average Bonchev–Trinajstić information content (AvgIpc) is 3.08. The van der Waals surface area contributed by atoms with E-state index in [1.165, 1.54) is 0 Å². The van der Waals surface area contributed by atoms with E-state index in [0.29, 0.717) is 41.4 Å². The molecule has 4 rings (SSSR count). The molecule has 1 atom stereocenters. The quantitative estimate of drug-likeness (QED) is 0.676. The molecule has 0 saturated heterocycles. The van der Waals surface area contributed by atoms with Crippen LogP contribution in [0.3, 0.4) is 0 Å². The summed E-state index contributed by atoms with van der Waals surface area (Å²) in [5.41, 5.74) is 2.32. The Morgan fingerprint density at radius 1 is 1.31 bits per heavy atom. The molecule has 3 aromatic heterocycles. The van der Waals surface area contributed by atoms with E-state index in [4.69, 9.17) is 4.74 Å². The molecule has 0 N–H and O–H groups in total. The molecule has 0 amide bonds. The Morgan fingerprint density at radius 2 is 2.23 bits per heavy atom. The van der Waals surface area contributed by atoms with Gasteiger partial charge in [0, 0.05) is 44.6 Å². The van der Waals surface area contributed by atoms with Gasteiger partial charge in [-0.05, 0) is 36.5 Å². The lowest BCUT2D eigenvalue weighted by molar-refractivity contribution is 0.177. The van der Waals surface area contributed by atoms with E-state index in [2.05, 4.69) is 26.8 Å². The standard InChI is InChI=1S/C20H18N4O2/c1-26-9-7-15-11-18-23-17-10-14(5-6-16-4-2-3-8-21-16)12-22-19(17)20(25)24(18)13-15/h2-4,8,10,12,15H,7,9,11,13H2,1H3. The lowest BCUT2D eigenvalue weighted by Crippen LogP contribution is -2.22. The third-order valence-electron chi connectivity index (χ3n) is 4.52. The van der Waals surface area contributed by atoms with Crippen molar-refractivity contribution in [1.29, 1.82) is 0 Å². The van der Waals surface area contributed by atoms with Gasteiger partial charge in [-0.1, -0.05) is 12.0 Å². The number of nitrogens with zero attached hydrogens (tertiary/aromatic N) is 4. The van der Waals surface area contributed by atoms with E-state index >= 15 is 0 Å². The van der Waals surface area contributed by atoms with Crippen LogP contribution in [0.2, 0.25) is 0 Å². The Hall–Kier alpha value is -3.04. The first-order valence-corrected chi connectivity index (χ1v) is 8.56. The second-order valence-electron chi connectivity index (χ2n) is 6.35. The molecule has 6 heteroatoms. The molecule has 0 aliphatic carbocycles. The predicted molar refractivity (Wildman–Crippen MR) is 97.7 cm³/mol. The second-order valence-corrected chi connectivity index (χ2v) is 6.35. The lowest BCUT2D eigenvalue weighted by atomic mass is 10.1. The molecule has 0 radical (unpaired) electrons. The Bertz CT molecular complexity index is 1060. The number of hydrogen-bond donors (Lipinski definition) is 0. The topological polar surface area (TPSA) is 69.9 Å². The summed E-state index contributed by atoms with van der Waals surface area (Å²) in [5, 5.41) is 0. The minimum atomic E-state index is -0.0749. The Labute approximate surface area is 150 Å². The number of rotatable bonds is 3. The summed E-state index contributed by atoms with van der Waals surface area (Å²) in [4.78, 5) is 25.9. The summed E-state index contributed by atoms with van der Waals surface area (Å²) in [6.45, 7) is 1.38. The van der Waals surface area contributed by atoms with Gasteiger partial charge in [0.2, 0.25) is 0 Å². The normalized spacial score (nSPS) is 15.5. The van der Waals surface area contributed by atoms with Crippen molar-refractivity contribution in [3.8, 4) is 11.8 Å². The maximum atomic E-state index is 12.7. The van der Waals surface area contributed by atoms with Crippen molar-refractivity contribution in [2.75, 3.05) is 13.7 Å². The molecule has 0 aromatic carbocycles. The summed E-state index contributed by atoms with van der Waals surface area (Å²) in [5.74, 6) is 7.24.